The Labute approximate surface area is 98.0 Å². The molecule has 0 saturated heterocycles. The van der Waals surface area contributed by atoms with Gasteiger partial charge in [-0.1, -0.05) is 0 Å². The molecule has 0 aliphatic heterocycles. The summed E-state index contributed by atoms with van der Waals surface area (Å²) in [5.41, 5.74) is 9.27. The van der Waals surface area contributed by atoms with E-state index in [0.717, 1.165) is 24.4 Å². The first-order valence-corrected chi connectivity index (χ1v) is 5.69. The van der Waals surface area contributed by atoms with Gasteiger partial charge in [-0.3, -0.25) is 0 Å². The fourth-order valence-corrected chi connectivity index (χ4v) is 1.53. The van der Waals surface area contributed by atoms with Crippen LogP contribution in [0.1, 0.15) is 24.5 Å². The van der Waals surface area contributed by atoms with E-state index in [2.05, 4.69) is 31.3 Å². The van der Waals surface area contributed by atoms with Gasteiger partial charge in [0, 0.05) is 12.6 Å². The number of nitrogens with two attached hydrogens (primary N) is 1. The molecule has 1 unspecified atom stereocenters. The molecular weight excluding hydrogens is 200 g/mol. The highest BCUT2D eigenvalue weighted by atomic mass is 16.5. The zero-order valence-corrected chi connectivity index (χ0v) is 10.6. The molecule has 16 heavy (non-hydrogen) atoms. The van der Waals surface area contributed by atoms with Crippen molar-refractivity contribution in [3.8, 4) is 5.75 Å². The van der Waals surface area contributed by atoms with E-state index in [9.17, 15) is 0 Å². The van der Waals surface area contributed by atoms with Crippen molar-refractivity contribution < 1.29 is 4.74 Å². The quantitative estimate of drug-likeness (QED) is 0.804. The van der Waals surface area contributed by atoms with Crippen LogP contribution in [0.2, 0.25) is 0 Å². The minimum atomic E-state index is 0.227. The van der Waals surface area contributed by atoms with Gasteiger partial charge in [-0.25, -0.2) is 0 Å². The highest BCUT2D eigenvalue weighted by molar-refractivity contribution is 5.59. The fourth-order valence-electron chi connectivity index (χ4n) is 1.53. The molecular formula is C13H22N2O. The fraction of sp³-hybridized carbons (Fsp3) is 0.538. The lowest BCUT2D eigenvalue weighted by Gasteiger charge is -2.14. The van der Waals surface area contributed by atoms with Gasteiger partial charge in [-0.15, -0.1) is 0 Å². The third-order valence-corrected chi connectivity index (χ3v) is 2.73. The summed E-state index contributed by atoms with van der Waals surface area (Å²) in [5.74, 6) is 0.896. The second kappa shape index (κ2) is 5.75. The summed E-state index contributed by atoms with van der Waals surface area (Å²) in [6.45, 7) is 7.07. The standard InChI is InChI=1S/C13H22N2O/c1-9-7-12(15-6-5-11(3)14)13(16-4)8-10(9)2/h7-8,11,15H,5-6,14H2,1-4H3. The van der Waals surface area contributed by atoms with Gasteiger partial charge in [-0.05, 0) is 50.5 Å². The maximum Gasteiger partial charge on any atom is 0.142 e. The Kier molecular flexibility index (Phi) is 4.62. The molecule has 3 heteroatoms. The predicted octanol–water partition coefficient (Wildman–Crippen LogP) is 2.46. The Hall–Kier alpha value is -1.22. The molecule has 0 amide bonds. The SMILES string of the molecule is COc1cc(C)c(C)cc1NCCC(C)N. The maximum absolute atomic E-state index is 5.71. The van der Waals surface area contributed by atoms with Gasteiger partial charge in [0.05, 0.1) is 12.8 Å². The number of aryl methyl sites for hydroxylation is 2. The van der Waals surface area contributed by atoms with Crippen LogP contribution in [0.15, 0.2) is 12.1 Å². The average molecular weight is 222 g/mol. The molecule has 0 bridgehead atoms. The van der Waals surface area contributed by atoms with Gasteiger partial charge in [0.15, 0.2) is 0 Å². The molecule has 0 aliphatic rings. The van der Waals surface area contributed by atoms with Crippen molar-refractivity contribution in [3.05, 3.63) is 23.3 Å². The van der Waals surface area contributed by atoms with E-state index in [0.29, 0.717) is 0 Å². The van der Waals surface area contributed by atoms with Crippen LogP contribution in [-0.4, -0.2) is 19.7 Å². The number of rotatable bonds is 5. The van der Waals surface area contributed by atoms with Gasteiger partial charge in [-0.2, -0.15) is 0 Å². The van der Waals surface area contributed by atoms with Gasteiger partial charge in [0.1, 0.15) is 5.75 Å². The zero-order chi connectivity index (χ0) is 12.1. The van der Waals surface area contributed by atoms with Crippen LogP contribution in [0, 0.1) is 13.8 Å². The Morgan fingerprint density at radius 2 is 1.94 bits per heavy atom. The number of benzene rings is 1. The van der Waals surface area contributed by atoms with E-state index >= 15 is 0 Å². The lowest BCUT2D eigenvalue weighted by atomic mass is 10.1. The minimum Gasteiger partial charge on any atom is -0.495 e. The van der Waals surface area contributed by atoms with Crippen molar-refractivity contribution in [2.75, 3.05) is 19.0 Å². The molecule has 1 aromatic carbocycles. The Bertz CT molecular complexity index is 348. The van der Waals surface area contributed by atoms with E-state index in [1.54, 1.807) is 7.11 Å². The molecule has 0 radical (unpaired) electrons. The van der Waals surface area contributed by atoms with Crippen LogP contribution in [0.25, 0.3) is 0 Å². The molecule has 3 N–H and O–H groups in total. The third-order valence-electron chi connectivity index (χ3n) is 2.73. The largest absolute Gasteiger partial charge is 0.495 e. The molecule has 0 aliphatic carbocycles. The summed E-state index contributed by atoms with van der Waals surface area (Å²) in [6.07, 6.45) is 0.954. The third kappa shape index (κ3) is 3.42. The van der Waals surface area contributed by atoms with Crippen molar-refractivity contribution in [1.82, 2.24) is 0 Å². The Balaban J connectivity index is 2.74. The number of anilines is 1. The topological polar surface area (TPSA) is 47.3 Å². The normalized spacial score (nSPS) is 12.3. The smallest absolute Gasteiger partial charge is 0.142 e. The molecule has 0 aromatic heterocycles. The predicted molar refractivity (Wildman–Crippen MR) is 69.2 cm³/mol. The number of hydrogen-bond acceptors (Lipinski definition) is 3. The van der Waals surface area contributed by atoms with E-state index in [1.165, 1.54) is 11.1 Å². The van der Waals surface area contributed by atoms with Crippen molar-refractivity contribution in [2.45, 2.75) is 33.2 Å². The molecule has 90 valence electrons. The molecule has 1 rings (SSSR count). The first-order valence-electron chi connectivity index (χ1n) is 5.69. The van der Waals surface area contributed by atoms with E-state index in [-0.39, 0.29) is 6.04 Å². The molecule has 0 fully saturated rings. The minimum absolute atomic E-state index is 0.227. The van der Waals surface area contributed by atoms with Crippen LogP contribution in [0.3, 0.4) is 0 Å². The van der Waals surface area contributed by atoms with Crippen molar-refractivity contribution >= 4 is 5.69 Å². The highest BCUT2D eigenvalue weighted by Gasteiger charge is 2.05. The molecule has 3 nitrogen and oxygen atoms in total. The Morgan fingerprint density at radius 1 is 1.31 bits per heavy atom. The molecule has 0 spiro atoms. The zero-order valence-electron chi connectivity index (χ0n) is 10.6. The van der Waals surface area contributed by atoms with Crippen molar-refractivity contribution in [1.29, 1.82) is 0 Å². The van der Waals surface area contributed by atoms with E-state index in [1.807, 2.05) is 6.92 Å². The Morgan fingerprint density at radius 3 is 2.50 bits per heavy atom. The lowest BCUT2D eigenvalue weighted by Crippen LogP contribution is -2.19. The summed E-state index contributed by atoms with van der Waals surface area (Å²) in [6, 6.07) is 4.41. The first-order chi connectivity index (χ1) is 7.54. The highest BCUT2D eigenvalue weighted by Crippen LogP contribution is 2.27. The van der Waals surface area contributed by atoms with Crippen LogP contribution >= 0.6 is 0 Å². The van der Waals surface area contributed by atoms with E-state index in [4.69, 9.17) is 10.5 Å². The lowest BCUT2D eigenvalue weighted by molar-refractivity contribution is 0.416. The molecule has 1 atom stereocenters. The maximum atomic E-state index is 5.71. The van der Waals surface area contributed by atoms with Crippen LogP contribution in [0.5, 0.6) is 5.75 Å². The van der Waals surface area contributed by atoms with Crippen LogP contribution < -0.4 is 15.8 Å². The number of ether oxygens (including phenoxy) is 1. The van der Waals surface area contributed by atoms with Crippen LogP contribution in [-0.2, 0) is 0 Å². The second-order valence-electron chi connectivity index (χ2n) is 4.33. The van der Waals surface area contributed by atoms with Gasteiger partial charge in [0.2, 0.25) is 0 Å². The average Bonchev–Trinajstić information content (AvgIpc) is 2.22. The van der Waals surface area contributed by atoms with E-state index < -0.39 is 0 Å². The monoisotopic (exact) mass is 222 g/mol. The van der Waals surface area contributed by atoms with Crippen molar-refractivity contribution in [3.63, 3.8) is 0 Å². The summed E-state index contributed by atoms with van der Waals surface area (Å²) in [7, 11) is 1.70. The number of methoxy groups -OCH3 is 1. The van der Waals surface area contributed by atoms with Gasteiger partial charge < -0.3 is 15.8 Å². The summed E-state index contributed by atoms with van der Waals surface area (Å²) >= 11 is 0. The summed E-state index contributed by atoms with van der Waals surface area (Å²) < 4.78 is 5.34. The van der Waals surface area contributed by atoms with Gasteiger partial charge >= 0.3 is 0 Å². The molecule has 0 heterocycles. The molecule has 1 aromatic rings. The number of hydrogen-bond donors (Lipinski definition) is 2. The summed E-state index contributed by atoms with van der Waals surface area (Å²) in [5, 5.41) is 3.36. The van der Waals surface area contributed by atoms with Gasteiger partial charge in [0.25, 0.3) is 0 Å². The number of nitrogens with one attached hydrogen (secondary N) is 1. The summed E-state index contributed by atoms with van der Waals surface area (Å²) in [4.78, 5) is 0. The second-order valence-corrected chi connectivity index (χ2v) is 4.33. The van der Waals surface area contributed by atoms with Crippen LogP contribution in [0.4, 0.5) is 5.69 Å². The molecule has 0 saturated carbocycles. The first kappa shape index (κ1) is 12.8. The van der Waals surface area contributed by atoms with Crippen molar-refractivity contribution in [2.24, 2.45) is 5.73 Å².